The fraction of sp³-hybridized carbons (Fsp3) is 0.750. The summed E-state index contributed by atoms with van der Waals surface area (Å²) >= 11 is 0. The first kappa shape index (κ1) is 23.1. The molecule has 3 fully saturated rings. The number of Topliss-reactive ketones (excluding diaryl/α,β-unsaturated/α-hetero) is 1. The molecule has 0 aliphatic heterocycles. The van der Waals surface area contributed by atoms with Gasteiger partial charge in [-0.15, -0.1) is 0 Å². The Balaban J connectivity index is 1.66. The second kappa shape index (κ2) is 7.48. The molecule has 4 aliphatic rings. The fourth-order valence-electron chi connectivity index (χ4n) is 7.28. The van der Waals surface area contributed by atoms with E-state index >= 15 is 0 Å². The molecule has 7 atom stereocenters. The Morgan fingerprint density at radius 1 is 1.29 bits per heavy atom. The van der Waals surface area contributed by atoms with Gasteiger partial charge in [-0.05, 0) is 69.4 Å². The molecule has 7 heteroatoms. The van der Waals surface area contributed by atoms with E-state index in [2.05, 4.69) is 24.1 Å². The molecule has 0 radical (unpaired) electrons. The maximum Gasteiger partial charge on any atom is 0.190 e. The fourth-order valence-corrected chi connectivity index (χ4v) is 7.78. The molecule has 31 heavy (non-hydrogen) atoms. The number of rotatable bonds is 4. The highest BCUT2D eigenvalue weighted by Gasteiger charge is 2.67. The lowest BCUT2D eigenvalue weighted by molar-refractivity contribution is -0.178. The van der Waals surface area contributed by atoms with E-state index < -0.39 is 36.7 Å². The summed E-state index contributed by atoms with van der Waals surface area (Å²) in [6.45, 7) is 6.93. The third kappa shape index (κ3) is 3.45. The molecule has 0 aromatic carbocycles. The zero-order chi connectivity index (χ0) is 22.8. The Hall–Kier alpha value is -1.07. The van der Waals surface area contributed by atoms with Gasteiger partial charge in [0.2, 0.25) is 0 Å². The topological polar surface area (TPSA) is 107 Å². The van der Waals surface area contributed by atoms with Gasteiger partial charge in [-0.3, -0.25) is 9.79 Å². The summed E-state index contributed by atoms with van der Waals surface area (Å²) in [4.78, 5) is 17.0. The molecule has 4 aliphatic carbocycles. The second-order valence-corrected chi connectivity index (χ2v) is 14.5. The van der Waals surface area contributed by atoms with Crippen molar-refractivity contribution in [1.82, 2.24) is 0 Å². The summed E-state index contributed by atoms with van der Waals surface area (Å²) in [5.41, 5.74) is -0.495. The van der Waals surface area contributed by atoms with Crippen molar-refractivity contribution in [3.63, 3.8) is 0 Å². The van der Waals surface area contributed by atoms with Crippen LogP contribution >= 0.6 is 7.14 Å². The highest BCUT2D eigenvalue weighted by atomic mass is 31.2. The van der Waals surface area contributed by atoms with Gasteiger partial charge >= 0.3 is 0 Å². The van der Waals surface area contributed by atoms with Crippen LogP contribution in [0.15, 0.2) is 28.8 Å². The quantitative estimate of drug-likeness (QED) is 0.572. The van der Waals surface area contributed by atoms with Crippen molar-refractivity contribution >= 4 is 18.6 Å². The van der Waals surface area contributed by atoms with E-state index in [1.165, 1.54) is 5.57 Å². The summed E-state index contributed by atoms with van der Waals surface area (Å²) in [6.07, 6.45) is 9.15. The predicted molar refractivity (Wildman–Crippen MR) is 122 cm³/mol. The van der Waals surface area contributed by atoms with E-state index in [-0.39, 0.29) is 23.2 Å². The average molecular weight is 450 g/mol. The lowest BCUT2D eigenvalue weighted by atomic mass is 9.46. The number of hydrogen-bond donors (Lipinski definition) is 3. The summed E-state index contributed by atoms with van der Waals surface area (Å²) in [5, 5.41) is 32.1. The van der Waals surface area contributed by atoms with Gasteiger partial charge in [0.1, 0.15) is 19.3 Å². The molecule has 0 amide bonds. The van der Waals surface area contributed by atoms with Crippen molar-refractivity contribution in [3.05, 3.63) is 23.8 Å². The Kier molecular flexibility index (Phi) is 5.57. The standard InChI is InChI=1S/C24H36NO5P/c1-22-9-7-16(25-14-31(3,4)30)11-15(22)5-6-17-18-8-10-24(29,20(28)13-26)23(18,2)12-19(27)21(17)22/h7,9,11,17-19,21,26-27,29H,5-6,8,10,12-14H2,1-4H3/t17?,18?,19?,21?,22-,23-,24-/m0/s1. The molecular formula is C24H36NO5P. The number of carbonyl (C=O) groups excluding carboxylic acids is 1. The van der Waals surface area contributed by atoms with Gasteiger partial charge < -0.3 is 19.9 Å². The van der Waals surface area contributed by atoms with Crippen molar-refractivity contribution in [1.29, 1.82) is 0 Å². The monoisotopic (exact) mass is 449 g/mol. The third-order valence-corrected chi connectivity index (χ3v) is 9.68. The average Bonchev–Trinajstić information content (AvgIpc) is 2.96. The van der Waals surface area contributed by atoms with E-state index in [0.29, 0.717) is 19.1 Å². The molecule has 6 nitrogen and oxygen atoms in total. The first-order valence-electron chi connectivity index (χ1n) is 11.4. The second-order valence-electron chi connectivity index (χ2n) is 11.1. The number of aliphatic hydroxyl groups is 3. The predicted octanol–water partition coefficient (Wildman–Crippen LogP) is 3.01. The molecule has 3 N–H and O–H groups in total. The van der Waals surface area contributed by atoms with Crippen LogP contribution in [-0.2, 0) is 9.36 Å². The van der Waals surface area contributed by atoms with Crippen LogP contribution in [0, 0.1) is 28.6 Å². The van der Waals surface area contributed by atoms with E-state index in [4.69, 9.17) is 0 Å². The van der Waals surface area contributed by atoms with Gasteiger partial charge in [-0.1, -0.05) is 25.5 Å². The molecule has 0 heterocycles. The summed E-state index contributed by atoms with van der Waals surface area (Å²) < 4.78 is 12.0. The highest BCUT2D eigenvalue weighted by molar-refractivity contribution is 7.62. The summed E-state index contributed by atoms with van der Waals surface area (Å²) in [7, 11) is -2.22. The van der Waals surface area contributed by atoms with Crippen LogP contribution in [0.1, 0.15) is 46.0 Å². The van der Waals surface area contributed by atoms with Gasteiger partial charge in [-0.2, -0.15) is 0 Å². The van der Waals surface area contributed by atoms with Gasteiger partial charge in [-0.25, -0.2) is 0 Å². The normalized spacial score (nSPS) is 45.6. The van der Waals surface area contributed by atoms with Crippen LogP contribution in [0.25, 0.3) is 0 Å². The Labute approximate surface area is 184 Å². The number of carbonyl (C=O) groups is 1. The maximum atomic E-state index is 12.5. The SMILES string of the molecule is C[C@]12C=CC(=NCP(C)(C)=O)C=C1CCC1C2C(O)C[C@@]2(C)C1CC[C@]2(O)C(=O)CO. The zero-order valence-electron chi connectivity index (χ0n) is 19.0. The summed E-state index contributed by atoms with van der Waals surface area (Å²) in [5.74, 6) is -0.174. The lowest BCUT2D eigenvalue weighted by Gasteiger charge is -2.59. The van der Waals surface area contributed by atoms with Gasteiger partial charge in [0.25, 0.3) is 0 Å². The van der Waals surface area contributed by atoms with Crippen LogP contribution in [-0.4, -0.2) is 64.7 Å². The smallest absolute Gasteiger partial charge is 0.190 e. The first-order valence-corrected chi connectivity index (χ1v) is 14.2. The van der Waals surface area contributed by atoms with E-state index in [0.717, 1.165) is 25.0 Å². The Bertz CT molecular complexity index is 919. The molecule has 0 spiro atoms. The molecule has 0 aromatic heterocycles. The zero-order valence-corrected chi connectivity index (χ0v) is 19.9. The van der Waals surface area contributed by atoms with Crippen LogP contribution < -0.4 is 0 Å². The first-order chi connectivity index (χ1) is 14.4. The van der Waals surface area contributed by atoms with E-state index in [1.54, 1.807) is 13.3 Å². The van der Waals surface area contributed by atoms with Gasteiger partial charge in [0.15, 0.2) is 5.78 Å². The minimum Gasteiger partial charge on any atom is -0.393 e. The molecule has 3 saturated carbocycles. The van der Waals surface area contributed by atoms with Crippen LogP contribution in [0.2, 0.25) is 0 Å². The van der Waals surface area contributed by atoms with Crippen LogP contribution in [0.4, 0.5) is 0 Å². The van der Waals surface area contributed by atoms with Crippen LogP contribution in [0.3, 0.4) is 0 Å². The maximum absolute atomic E-state index is 12.5. The van der Waals surface area contributed by atoms with Crippen molar-refractivity contribution in [2.75, 3.05) is 26.2 Å². The van der Waals surface area contributed by atoms with E-state index in [9.17, 15) is 24.7 Å². The molecule has 4 unspecified atom stereocenters. The molecule has 0 aromatic rings. The molecule has 0 saturated heterocycles. The minimum atomic E-state index is -2.22. The Morgan fingerprint density at radius 2 is 2.00 bits per heavy atom. The molecule has 0 bridgehead atoms. The van der Waals surface area contributed by atoms with Crippen molar-refractivity contribution < 1.29 is 24.7 Å². The Morgan fingerprint density at radius 3 is 2.65 bits per heavy atom. The van der Waals surface area contributed by atoms with Crippen molar-refractivity contribution in [2.24, 2.45) is 33.6 Å². The van der Waals surface area contributed by atoms with Crippen molar-refractivity contribution in [2.45, 2.75) is 57.7 Å². The van der Waals surface area contributed by atoms with Crippen molar-refractivity contribution in [3.8, 4) is 0 Å². The molecule has 4 rings (SSSR count). The number of fused-ring (bicyclic) bond motifs is 5. The lowest BCUT2D eigenvalue weighted by Crippen LogP contribution is -2.61. The summed E-state index contributed by atoms with van der Waals surface area (Å²) in [6, 6.07) is 0. The van der Waals surface area contributed by atoms with Gasteiger partial charge in [0.05, 0.1) is 18.1 Å². The van der Waals surface area contributed by atoms with Gasteiger partial charge in [0, 0.05) is 16.7 Å². The molecule has 172 valence electrons. The number of allylic oxidation sites excluding steroid dienone is 4. The highest BCUT2D eigenvalue weighted by Crippen LogP contribution is 2.67. The van der Waals surface area contributed by atoms with E-state index in [1.807, 2.05) is 13.0 Å². The largest absolute Gasteiger partial charge is 0.393 e. The number of aliphatic imine (C=N–C) groups is 1. The minimum absolute atomic E-state index is 0.0124. The molecular weight excluding hydrogens is 413 g/mol. The number of hydrogen-bond acceptors (Lipinski definition) is 6. The number of ketones is 1. The third-order valence-electron chi connectivity index (χ3n) is 8.86. The number of nitrogens with zero attached hydrogens (tertiary/aromatic N) is 1. The number of aliphatic hydroxyl groups excluding tert-OH is 2. The van der Waals surface area contributed by atoms with Crippen LogP contribution in [0.5, 0.6) is 0 Å².